The number of fused-ring (bicyclic) bond motifs is 1. The normalized spacial score (nSPS) is 10.5. The van der Waals surface area contributed by atoms with Crippen molar-refractivity contribution in [2.75, 3.05) is 6.61 Å². The van der Waals surface area contributed by atoms with E-state index in [9.17, 15) is 4.79 Å². The first kappa shape index (κ1) is 10.2. The highest BCUT2D eigenvalue weighted by molar-refractivity contribution is 9.10. The van der Waals surface area contributed by atoms with Gasteiger partial charge in [-0.2, -0.15) is 0 Å². The maximum atomic E-state index is 11.5. The van der Waals surface area contributed by atoms with Crippen molar-refractivity contribution in [2.45, 2.75) is 6.92 Å². The minimum Gasteiger partial charge on any atom is -0.449 e. The number of carbonyl (C=O) groups excluding carboxylic acids is 1. The van der Waals surface area contributed by atoms with Gasteiger partial charge in [-0.15, -0.1) is 0 Å². The van der Waals surface area contributed by atoms with E-state index in [1.807, 2.05) is 24.3 Å². The second-order valence-corrected chi connectivity index (χ2v) is 4.00. The molecule has 0 saturated carbocycles. The average Bonchev–Trinajstić information content (AvgIpc) is 2.60. The van der Waals surface area contributed by atoms with Gasteiger partial charge >= 0.3 is 6.09 Å². The first-order valence-electron chi connectivity index (χ1n) is 4.66. The summed E-state index contributed by atoms with van der Waals surface area (Å²) in [6.07, 6.45) is 1.38. The number of benzene rings is 1. The third-order valence-electron chi connectivity index (χ3n) is 2.12. The molecule has 0 amide bonds. The lowest BCUT2D eigenvalue weighted by Crippen LogP contribution is -2.11. The molecule has 2 aromatic rings. The molecule has 0 aliphatic rings. The molecule has 78 valence electrons. The molecule has 0 aliphatic carbocycles. The van der Waals surface area contributed by atoms with Crippen LogP contribution in [0.5, 0.6) is 0 Å². The first-order valence-corrected chi connectivity index (χ1v) is 5.45. The highest BCUT2D eigenvalue weighted by atomic mass is 79.9. The van der Waals surface area contributed by atoms with E-state index in [1.165, 1.54) is 4.57 Å². The molecule has 1 aromatic heterocycles. The van der Waals surface area contributed by atoms with Crippen LogP contribution in [0.15, 0.2) is 34.9 Å². The molecular weight excluding hydrogens is 258 g/mol. The Morgan fingerprint density at radius 3 is 3.00 bits per heavy atom. The molecule has 0 saturated heterocycles. The highest BCUT2D eigenvalue weighted by Crippen LogP contribution is 2.20. The van der Waals surface area contributed by atoms with Crippen LogP contribution in [0.2, 0.25) is 0 Å². The summed E-state index contributed by atoms with van der Waals surface area (Å²) in [5.74, 6) is 0. The fourth-order valence-electron chi connectivity index (χ4n) is 1.47. The first-order chi connectivity index (χ1) is 7.22. The van der Waals surface area contributed by atoms with Crippen molar-refractivity contribution in [3.8, 4) is 0 Å². The standard InChI is InChI=1S/C11H10BrNO2/c1-2-15-11(14)13-6-5-8-7-9(12)3-4-10(8)13/h3-7H,2H2,1H3. The molecule has 0 N–H and O–H groups in total. The maximum Gasteiger partial charge on any atom is 0.418 e. The monoisotopic (exact) mass is 267 g/mol. The number of aromatic nitrogens is 1. The average molecular weight is 268 g/mol. The van der Waals surface area contributed by atoms with Gasteiger partial charge in [0.25, 0.3) is 0 Å². The predicted octanol–water partition coefficient (Wildman–Crippen LogP) is 3.41. The van der Waals surface area contributed by atoms with Crippen molar-refractivity contribution >= 4 is 32.9 Å². The Labute approximate surface area is 95.8 Å². The lowest BCUT2D eigenvalue weighted by molar-refractivity contribution is 0.155. The summed E-state index contributed by atoms with van der Waals surface area (Å²) in [5, 5.41) is 1.01. The van der Waals surface area contributed by atoms with Crippen LogP contribution >= 0.6 is 15.9 Å². The number of rotatable bonds is 1. The molecule has 0 spiro atoms. The molecule has 1 aromatic carbocycles. The summed E-state index contributed by atoms with van der Waals surface area (Å²) in [6, 6.07) is 7.64. The van der Waals surface area contributed by atoms with Crippen LogP contribution in [-0.4, -0.2) is 17.3 Å². The topological polar surface area (TPSA) is 31.2 Å². The van der Waals surface area contributed by atoms with Gasteiger partial charge in [-0.05, 0) is 31.2 Å². The van der Waals surface area contributed by atoms with Crippen LogP contribution in [0, 0.1) is 0 Å². The van der Waals surface area contributed by atoms with Gasteiger partial charge in [0.1, 0.15) is 0 Å². The van der Waals surface area contributed by atoms with E-state index in [1.54, 1.807) is 13.1 Å². The van der Waals surface area contributed by atoms with Gasteiger partial charge in [0.2, 0.25) is 0 Å². The van der Waals surface area contributed by atoms with E-state index in [4.69, 9.17) is 4.74 Å². The summed E-state index contributed by atoms with van der Waals surface area (Å²) in [4.78, 5) is 11.5. The minimum absolute atomic E-state index is 0.338. The quantitative estimate of drug-likeness (QED) is 0.793. The van der Waals surface area contributed by atoms with E-state index >= 15 is 0 Å². The van der Waals surface area contributed by atoms with E-state index in [-0.39, 0.29) is 6.09 Å². The van der Waals surface area contributed by atoms with Crippen molar-refractivity contribution in [3.05, 3.63) is 34.9 Å². The molecule has 0 aliphatic heterocycles. The summed E-state index contributed by atoms with van der Waals surface area (Å²) in [7, 11) is 0. The van der Waals surface area contributed by atoms with E-state index in [2.05, 4.69) is 15.9 Å². The Balaban J connectivity index is 2.49. The van der Waals surface area contributed by atoms with Crippen LogP contribution in [0.25, 0.3) is 10.9 Å². The zero-order chi connectivity index (χ0) is 10.8. The van der Waals surface area contributed by atoms with E-state index < -0.39 is 0 Å². The fourth-order valence-corrected chi connectivity index (χ4v) is 1.84. The van der Waals surface area contributed by atoms with E-state index in [0.29, 0.717) is 6.61 Å². The second-order valence-electron chi connectivity index (χ2n) is 3.09. The molecule has 0 unspecified atom stereocenters. The lowest BCUT2D eigenvalue weighted by atomic mass is 10.2. The van der Waals surface area contributed by atoms with Gasteiger partial charge in [-0.25, -0.2) is 4.79 Å². The minimum atomic E-state index is -0.338. The number of ether oxygens (including phenoxy) is 1. The Morgan fingerprint density at radius 1 is 1.47 bits per heavy atom. The molecule has 3 nitrogen and oxygen atoms in total. The largest absolute Gasteiger partial charge is 0.449 e. The summed E-state index contributed by atoms with van der Waals surface area (Å²) in [5.41, 5.74) is 0.858. The van der Waals surface area contributed by atoms with Gasteiger partial charge in [0.05, 0.1) is 12.1 Å². The molecule has 4 heteroatoms. The van der Waals surface area contributed by atoms with Crippen LogP contribution < -0.4 is 0 Å². The molecule has 2 rings (SSSR count). The fraction of sp³-hybridized carbons (Fsp3) is 0.182. The highest BCUT2D eigenvalue weighted by Gasteiger charge is 2.08. The molecule has 15 heavy (non-hydrogen) atoms. The van der Waals surface area contributed by atoms with Crippen LogP contribution in [0.3, 0.4) is 0 Å². The molecular formula is C11H10BrNO2. The zero-order valence-electron chi connectivity index (χ0n) is 8.24. The number of hydrogen-bond donors (Lipinski definition) is 0. The van der Waals surface area contributed by atoms with Gasteiger partial charge in [0.15, 0.2) is 0 Å². The van der Waals surface area contributed by atoms with Gasteiger partial charge in [-0.3, -0.25) is 4.57 Å². The van der Waals surface area contributed by atoms with Crippen molar-refractivity contribution in [1.29, 1.82) is 0 Å². The summed E-state index contributed by atoms with van der Waals surface area (Å²) >= 11 is 3.38. The molecule has 0 fully saturated rings. The van der Waals surface area contributed by atoms with Crippen LogP contribution in [0.1, 0.15) is 6.92 Å². The van der Waals surface area contributed by atoms with Crippen molar-refractivity contribution in [3.63, 3.8) is 0 Å². The maximum absolute atomic E-state index is 11.5. The Bertz CT molecular complexity index is 504. The van der Waals surface area contributed by atoms with Crippen molar-refractivity contribution in [1.82, 2.24) is 4.57 Å². The zero-order valence-corrected chi connectivity index (χ0v) is 9.82. The van der Waals surface area contributed by atoms with Crippen molar-refractivity contribution in [2.24, 2.45) is 0 Å². The number of halogens is 1. The van der Waals surface area contributed by atoms with Gasteiger partial charge in [-0.1, -0.05) is 15.9 Å². The molecule has 0 radical (unpaired) electrons. The SMILES string of the molecule is CCOC(=O)n1ccc2cc(Br)ccc21. The van der Waals surface area contributed by atoms with Gasteiger partial charge < -0.3 is 4.74 Å². The van der Waals surface area contributed by atoms with Crippen molar-refractivity contribution < 1.29 is 9.53 Å². The van der Waals surface area contributed by atoms with Crippen LogP contribution in [-0.2, 0) is 4.74 Å². The van der Waals surface area contributed by atoms with Gasteiger partial charge in [0, 0.05) is 16.1 Å². The summed E-state index contributed by atoms with van der Waals surface area (Å²) < 4.78 is 7.44. The predicted molar refractivity (Wildman–Crippen MR) is 62.1 cm³/mol. The third-order valence-corrected chi connectivity index (χ3v) is 2.61. The Kier molecular flexibility index (Phi) is 2.77. The second kappa shape index (κ2) is 4.06. The number of nitrogens with zero attached hydrogens (tertiary/aromatic N) is 1. The van der Waals surface area contributed by atoms with E-state index in [0.717, 1.165) is 15.4 Å². The lowest BCUT2D eigenvalue weighted by Gasteiger charge is -2.03. The number of hydrogen-bond acceptors (Lipinski definition) is 2. The third kappa shape index (κ3) is 1.90. The van der Waals surface area contributed by atoms with Crippen LogP contribution in [0.4, 0.5) is 4.79 Å². The summed E-state index contributed by atoms with van der Waals surface area (Å²) in [6.45, 7) is 2.18. The Morgan fingerprint density at radius 2 is 2.27 bits per heavy atom. The number of carbonyl (C=O) groups is 1. The smallest absolute Gasteiger partial charge is 0.418 e. The molecule has 1 heterocycles. The molecule has 0 atom stereocenters. The Hall–Kier alpha value is -1.29. The molecule has 0 bridgehead atoms.